The van der Waals surface area contributed by atoms with E-state index >= 15 is 0 Å². The third-order valence-corrected chi connectivity index (χ3v) is 7.40. The van der Waals surface area contributed by atoms with Crippen LogP contribution in [0.4, 0.5) is 0 Å². The number of carboxylic acid groups (broad SMARTS) is 1. The molecule has 1 aliphatic rings. The lowest BCUT2D eigenvalue weighted by atomic mass is 9.99. The van der Waals surface area contributed by atoms with Crippen molar-refractivity contribution >= 4 is 23.5 Å². The molecule has 0 unspecified atom stereocenters. The molecule has 0 spiro atoms. The number of benzene rings is 3. The number of aromatic nitrogens is 1. The van der Waals surface area contributed by atoms with Crippen LogP contribution in [0.25, 0.3) is 0 Å². The normalized spacial score (nSPS) is 14.2. The summed E-state index contributed by atoms with van der Waals surface area (Å²) in [6.07, 6.45) is 2.35. The van der Waals surface area contributed by atoms with E-state index in [1.54, 1.807) is 42.5 Å². The molecule has 222 valence electrons. The molecule has 1 N–H and O–H groups in total. The zero-order valence-corrected chi connectivity index (χ0v) is 24.6. The van der Waals surface area contributed by atoms with Crippen molar-refractivity contribution in [2.45, 2.75) is 26.1 Å². The van der Waals surface area contributed by atoms with Gasteiger partial charge in [-0.2, -0.15) is 0 Å². The summed E-state index contributed by atoms with van der Waals surface area (Å²) < 4.78 is 12.0. The molecular formula is C34H34ClN3O5. The van der Waals surface area contributed by atoms with Gasteiger partial charge in [-0.25, -0.2) is 0 Å². The number of hydrogen-bond acceptors (Lipinski definition) is 6. The average molecular weight is 600 g/mol. The predicted molar refractivity (Wildman–Crippen MR) is 164 cm³/mol. The largest absolute Gasteiger partial charge is 0.491 e. The lowest BCUT2D eigenvalue weighted by Gasteiger charge is -2.23. The van der Waals surface area contributed by atoms with Crippen LogP contribution in [0.5, 0.6) is 5.75 Å². The molecule has 0 saturated heterocycles. The number of rotatable bonds is 7. The van der Waals surface area contributed by atoms with E-state index in [2.05, 4.69) is 28.1 Å². The summed E-state index contributed by atoms with van der Waals surface area (Å²) >= 11 is 6.01. The van der Waals surface area contributed by atoms with E-state index in [1.165, 1.54) is 4.90 Å². The number of hydrogen-bond donors (Lipinski definition) is 1. The Kier molecular flexibility index (Phi) is 10.4. The fourth-order valence-electron chi connectivity index (χ4n) is 5.10. The smallest absolute Gasteiger partial charge is 0.323 e. The molecular weight excluding hydrogens is 566 g/mol. The molecule has 9 heteroatoms. The quantitative estimate of drug-likeness (QED) is 0.301. The van der Waals surface area contributed by atoms with Gasteiger partial charge in [-0.3, -0.25) is 19.5 Å². The fourth-order valence-corrected chi connectivity index (χ4v) is 5.23. The number of ether oxygens (including phenoxy) is 2. The first-order valence-electron chi connectivity index (χ1n) is 14.2. The van der Waals surface area contributed by atoms with Gasteiger partial charge in [0.15, 0.2) is 0 Å². The highest BCUT2D eigenvalue weighted by Crippen LogP contribution is 2.26. The number of amides is 1. The van der Waals surface area contributed by atoms with Gasteiger partial charge < -0.3 is 19.5 Å². The molecule has 1 aromatic heterocycles. The van der Waals surface area contributed by atoms with E-state index in [9.17, 15) is 14.7 Å². The summed E-state index contributed by atoms with van der Waals surface area (Å²) in [6, 6.07) is 26.6. The van der Waals surface area contributed by atoms with Crippen molar-refractivity contribution in [3.63, 3.8) is 0 Å². The van der Waals surface area contributed by atoms with Crippen LogP contribution in [0, 0.1) is 0 Å². The van der Waals surface area contributed by atoms with Crippen molar-refractivity contribution < 1.29 is 24.2 Å². The van der Waals surface area contributed by atoms with Gasteiger partial charge in [0.2, 0.25) is 0 Å². The first kappa shape index (κ1) is 30.2. The molecule has 8 nitrogen and oxygen atoms in total. The zero-order chi connectivity index (χ0) is 30.0. The highest BCUT2D eigenvalue weighted by atomic mass is 35.5. The van der Waals surface area contributed by atoms with Crippen LogP contribution in [0.2, 0.25) is 5.02 Å². The Hall–Kier alpha value is -4.24. The Morgan fingerprint density at radius 2 is 1.77 bits per heavy atom. The molecule has 2 bridgehead atoms. The highest BCUT2D eigenvalue weighted by molar-refractivity contribution is 6.30. The summed E-state index contributed by atoms with van der Waals surface area (Å²) in [5.74, 6) is -0.790. The molecule has 0 fully saturated rings. The predicted octanol–water partition coefficient (Wildman–Crippen LogP) is 5.46. The summed E-state index contributed by atoms with van der Waals surface area (Å²) in [5, 5.41) is 10.1. The van der Waals surface area contributed by atoms with E-state index in [-0.39, 0.29) is 12.5 Å². The van der Waals surface area contributed by atoms with Gasteiger partial charge in [-0.05, 0) is 64.7 Å². The third-order valence-electron chi connectivity index (χ3n) is 7.15. The summed E-state index contributed by atoms with van der Waals surface area (Å²) in [6.45, 7) is 3.27. The van der Waals surface area contributed by atoms with E-state index in [4.69, 9.17) is 21.1 Å². The molecule has 1 aliphatic heterocycles. The highest BCUT2D eigenvalue weighted by Gasteiger charge is 2.21. The van der Waals surface area contributed by atoms with Gasteiger partial charge in [0.25, 0.3) is 5.91 Å². The van der Waals surface area contributed by atoms with E-state index in [0.717, 1.165) is 41.0 Å². The second-order valence-electron chi connectivity index (χ2n) is 10.5. The molecule has 5 rings (SSSR count). The molecule has 4 aromatic rings. The topological polar surface area (TPSA) is 92.2 Å². The van der Waals surface area contributed by atoms with Crippen LogP contribution < -0.4 is 4.74 Å². The number of carbonyl (C=O) groups excluding carboxylic acids is 1. The van der Waals surface area contributed by atoms with E-state index < -0.39 is 12.5 Å². The van der Waals surface area contributed by atoms with Gasteiger partial charge in [0, 0.05) is 49.4 Å². The van der Waals surface area contributed by atoms with Gasteiger partial charge in [-0.15, -0.1) is 0 Å². The van der Waals surface area contributed by atoms with Gasteiger partial charge >= 0.3 is 5.97 Å². The van der Waals surface area contributed by atoms with Crippen LogP contribution in [0.3, 0.4) is 0 Å². The Labute approximate surface area is 256 Å². The number of carboxylic acids is 1. The van der Waals surface area contributed by atoms with Crippen molar-refractivity contribution in [1.29, 1.82) is 0 Å². The van der Waals surface area contributed by atoms with Crippen molar-refractivity contribution in [1.82, 2.24) is 14.8 Å². The molecule has 0 atom stereocenters. The summed E-state index contributed by atoms with van der Waals surface area (Å²) in [5.41, 5.74) is 5.27. The van der Waals surface area contributed by atoms with E-state index in [0.29, 0.717) is 49.1 Å². The minimum absolute atomic E-state index is 0.143. The molecule has 2 heterocycles. The number of fused-ring (bicyclic) bond motifs is 3. The minimum Gasteiger partial charge on any atom is -0.491 e. The number of pyridine rings is 1. The third kappa shape index (κ3) is 8.88. The maximum atomic E-state index is 13.6. The standard InChI is InChI=1S/C34H34ClN3O5/c35-30-10-7-25(8-11-30)22-38(24-33(39)40)34(41)28-9-12-32-29(20-28)19-26-4-3-5-27(18-26)21-37(14-15-42-16-17-43-32)23-31-6-1-2-13-36-31/h1-13,18,20H,14-17,19,21-24H2,(H,39,40). The van der Waals surface area contributed by atoms with Crippen LogP contribution in [0.1, 0.15) is 38.3 Å². The molecule has 0 saturated carbocycles. The second-order valence-corrected chi connectivity index (χ2v) is 10.9. The summed E-state index contributed by atoms with van der Waals surface area (Å²) in [7, 11) is 0. The van der Waals surface area contributed by atoms with Crippen molar-refractivity contribution in [3.8, 4) is 5.75 Å². The van der Waals surface area contributed by atoms with Crippen LogP contribution >= 0.6 is 11.6 Å². The molecule has 0 radical (unpaired) electrons. The maximum Gasteiger partial charge on any atom is 0.323 e. The number of carbonyl (C=O) groups is 2. The first-order chi connectivity index (χ1) is 20.9. The second kappa shape index (κ2) is 14.8. The van der Waals surface area contributed by atoms with Crippen LogP contribution in [-0.4, -0.2) is 64.7 Å². The maximum absolute atomic E-state index is 13.6. The number of aliphatic carboxylic acids is 1. The van der Waals surface area contributed by atoms with Crippen molar-refractivity contribution in [2.24, 2.45) is 0 Å². The number of halogens is 1. The fraction of sp³-hybridized carbons (Fsp3) is 0.265. The Balaban J connectivity index is 1.40. The minimum atomic E-state index is -1.09. The molecule has 0 aliphatic carbocycles. The Morgan fingerprint density at radius 3 is 2.56 bits per heavy atom. The zero-order valence-electron chi connectivity index (χ0n) is 23.8. The van der Waals surface area contributed by atoms with Gasteiger partial charge in [0.05, 0.1) is 18.9 Å². The molecule has 1 amide bonds. The van der Waals surface area contributed by atoms with Crippen molar-refractivity contribution in [3.05, 3.63) is 130 Å². The first-order valence-corrected chi connectivity index (χ1v) is 14.6. The van der Waals surface area contributed by atoms with Gasteiger partial charge in [0.1, 0.15) is 18.9 Å². The SMILES string of the molecule is O=C(O)CN(Cc1ccc(Cl)cc1)C(=O)c1ccc2c(c1)Cc1cccc(c1)CN(Cc1ccccn1)CCOCCO2. The van der Waals surface area contributed by atoms with Crippen LogP contribution in [-0.2, 0) is 35.6 Å². The average Bonchev–Trinajstić information content (AvgIpc) is 3.00. The van der Waals surface area contributed by atoms with Gasteiger partial charge in [-0.1, -0.05) is 54.1 Å². The lowest BCUT2D eigenvalue weighted by Crippen LogP contribution is -2.35. The summed E-state index contributed by atoms with van der Waals surface area (Å²) in [4.78, 5) is 33.4. The molecule has 3 aromatic carbocycles. The molecule has 43 heavy (non-hydrogen) atoms. The number of nitrogens with zero attached hydrogens (tertiary/aromatic N) is 3. The van der Waals surface area contributed by atoms with E-state index in [1.807, 2.05) is 30.5 Å². The Bertz CT molecular complexity index is 1530. The lowest BCUT2D eigenvalue weighted by molar-refractivity contribution is -0.137. The monoisotopic (exact) mass is 599 g/mol. The Morgan fingerprint density at radius 1 is 0.930 bits per heavy atom. The van der Waals surface area contributed by atoms with Crippen molar-refractivity contribution in [2.75, 3.05) is 32.9 Å². The van der Waals surface area contributed by atoms with Crippen LogP contribution in [0.15, 0.2) is 91.1 Å².